The van der Waals surface area contributed by atoms with Crippen molar-refractivity contribution in [1.29, 1.82) is 0 Å². The second-order valence-corrected chi connectivity index (χ2v) is 14.3. The molecule has 3 aromatic rings. The minimum absolute atomic E-state index is 0.0577. The first-order valence-corrected chi connectivity index (χ1v) is 18.0. The number of halogens is 1. The van der Waals surface area contributed by atoms with E-state index in [2.05, 4.69) is 21.2 Å². The van der Waals surface area contributed by atoms with E-state index in [0.717, 1.165) is 10.8 Å². The molecular formula is C39H40BrN3O7. The molecule has 7 rings (SSSR count). The summed E-state index contributed by atoms with van der Waals surface area (Å²) in [7, 11) is 0. The van der Waals surface area contributed by atoms with E-state index in [1.54, 1.807) is 22.8 Å². The van der Waals surface area contributed by atoms with Crippen LogP contribution >= 0.6 is 15.9 Å². The van der Waals surface area contributed by atoms with Gasteiger partial charge < -0.3 is 29.7 Å². The molecule has 2 fully saturated rings. The third kappa shape index (κ3) is 6.05. The first-order valence-electron chi connectivity index (χ1n) is 17.2. The van der Waals surface area contributed by atoms with Crippen molar-refractivity contribution < 1.29 is 33.8 Å². The van der Waals surface area contributed by atoms with Crippen LogP contribution < -0.4 is 10.2 Å². The predicted octanol–water partition coefficient (Wildman–Crippen LogP) is 4.96. The lowest BCUT2D eigenvalue weighted by Gasteiger charge is -2.36. The molecule has 0 radical (unpaired) electrons. The number of fused-ring (bicyclic) bond motifs is 3. The van der Waals surface area contributed by atoms with Crippen LogP contribution in [0.5, 0.6) is 0 Å². The average Bonchev–Trinajstić information content (AvgIpc) is 3.71. The number of carbonyl (C=O) groups excluding carboxylic acids is 4. The quantitative estimate of drug-likeness (QED) is 0.208. The van der Waals surface area contributed by atoms with E-state index in [9.17, 15) is 19.5 Å². The van der Waals surface area contributed by atoms with Gasteiger partial charge in [0.2, 0.25) is 11.8 Å². The fourth-order valence-electron chi connectivity index (χ4n) is 7.93. The second kappa shape index (κ2) is 14.1. The number of aliphatic hydroxyl groups is 1. The molecule has 4 aliphatic rings. The number of amides is 3. The number of cyclic esters (lactones) is 1. The van der Waals surface area contributed by atoms with E-state index in [-0.39, 0.29) is 43.8 Å². The van der Waals surface area contributed by atoms with Crippen LogP contribution in [0.15, 0.2) is 95.5 Å². The highest BCUT2D eigenvalue weighted by Crippen LogP contribution is 2.59. The van der Waals surface area contributed by atoms with Crippen molar-refractivity contribution in [2.45, 2.75) is 62.5 Å². The number of nitrogens with one attached hydrogen (secondary N) is 1. The number of nitrogens with zero attached hydrogens (tertiary/aromatic N) is 2. The first kappa shape index (κ1) is 34.1. The zero-order valence-electron chi connectivity index (χ0n) is 27.7. The number of benzene rings is 3. The lowest BCUT2D eigenvalue weighted by Crippen LogP contribution is -2.56. The fourth-order valence-corrected chi connectivity index (χ4v) is 8.67. The Balaban J connectivity index is 1.34. The molecule has 1 spiro atoms. The first-order chi connectivity index (χ1) is 24.2. The van der Waals surface area contributed by atoms with Gasteiger partial charge in [-0.25, -0.2) is 0 Å². The van der Waals surface area contributed by atoms with Crippen LogP contribution in [-0.2, 0) is 28.7 Å². The van der Waals surface area contributed by atoms with Gasteiger partial charge in [-0.15, -0.1) is 0 Å². The summed E-state index contributed by atoms with van der Waals surface area (Å²) >= 11 is 3.62. The Kier molecular flexibility index (Phi) is 9.65. The highest BCUT2D eigenvalue weighted by molar-refractivity contribution is 9.11. The summed E-state index contributed by atoms with van der Waals surface area (Å²) in [5.74, 6) is -3.62. The van der Waals surface area contributed by atoms with Gasteiger partial charge in [0, 0.05) is 36.3 Å². The van der Waals surface area contributed by atoms with Crippen LogP contribution in [0.1, 0.15) is 44.3 Å². The molecule has 2 saturated heterocycles. The van der Waals surface area contributed by atoms with Crippen LogP contribution in [0, 0.1) is 11.8 Å². The lowest BCUT2D eigenvalue weighted by atomic mass is 9.74. The normalized spacial score (nSPS) is 30.7. The van der Waals surface area contributed by atoms with Crippen LogP contribution in [0.3, 0.4) is 0 Å². The molecule has 0 aliphatic carbocycles. The fraction of sp³-hybridized carbons (Fsp3) is 0.385. The monoisotopic (exact) mass is 741 g/mol. The zero-order valence-corrected chi connectivity index (χ0v) is 29.3. The Morgan fingerprint density at radius 3 is 2.46 bits per heavy atom. The third-order valence-corrected chi connectivity index (χ3v) is 10.9. The molecular weight excluding hydrogens is 702 g/mol. The Bertz CT molecular complexity index is 1860. The number of rotatable bonds is 6. The van der Waals surface area contributed by atoms with Gasteiger partial charge in [-0.2, -0.15) is 0 Å². The number of likely N-dealkylation sites (tertiary alicyclic amines) is 1. The molecule has 10 nitrogen and oxygen atoms in total. The van der Waals surface area contributed by atoms with Crippen molar-refractivity contribution in [3.05, 3.63) is 101 Å². The number of carbonyl (C=O) groups is 4. The molecule has 0 aromatic heterocycles. The maximum atomic E-state index is 15.1. The topological polar surface area (TPSA) is 125 Å². The van der Waals surface area contributed by atoms with Crippen molar-refractivity contribution in [2.24, 2.45) is 11.8 Å². The number of anilines is 1. The maximum absolute atomic E-state index is 15.1. The summed E-state index contributed by atoms with van der Waals surface area (Å²) in [6.45, 7) is 2.12. The predicted molar refractivity (Wildman–Crippen MR) is 191 cm³/mol. The number of allylic oxidation sites excluding steroid dienone is 1. The minimum atomic E-state index is -1.44. The Labute approximate surface area is 299 Å². The van der Waals surface area contributed by atoms with Gasteiger partial charge >= 0.3 is 5.97 Å². The molecule has 7 atom stereocenters. The summed E-state index contributed by atoms with van der Waals surface area (Å²) in [5.41, 5.74) is -0.0971. The van der Waals surface area contributed by atoms with E-state index in [1.165, 1.54) is 0 Å². The summed E-state index contributed by atoms with van der Waals surface area (Å²) in [6.07, 6.45) is 5.40. The van der Waals surface area contributed by atoms with E-state index in [1.807, 2.05) is 84.9 Å². The molecule has 3 aromatic carbocycles. The summed E-state index contributed by atoms with van der Waals surface area (Å²) < 4.78 is 13.5. The summed E-state index contributed by atoms with van der Waals surface area (Å²) in [5, 5.41) is 14.6. The number of esters is 1. The van der Waals surface area contributed by atoms with Crippen LogP contribution in [0.4, 0.5) is 5.69 Å². The van der Waals surface area contributed by atoms with Gasteiger partial charge in [-0.1, -0.05) is 88.7 Å². The zero-order chi connectivity index (χ0) is 35.0. The van der Waals surface area contributed by atoms with E-state index in [4.69, 9.17) is 9.47 Å². The largest absolute Gasteiger partial charge is 0.455 e. The SMILES string of the molecule is C[C@H]1NC(=O)CC/C=C\CN(c2ccc3ccccc3c2)C(=O)[C@@H]2N(CCCCO)C(=O)[C@H]3[C@H](C(=O)O[C@@H]1c1ccccc1)[C@H]1O[C@@]23C=C1Br. The van der Waals surface area contributed by atoms with Gasteiger partial charge in [-0.05, 0) is 60.7 Å². The van der Waals surface area contributed by atoms with Crippen molar-refractivity contribution in [3.63, 3.8) is 0 Å². The van der Waals surface area contributed by atoms with Crippen molar-refractivity contribution in [3.8, 4) is 0 Å². The third-order valence-electron chi connectivity index (χ3n) is 10.3. The Morgan fingerprint density at radius 1 is 0.920 bits per heavy atom. The van der Waals surface area contributed by atoms with Gasteiger partial charge in [0.25, 0.3) is 5.91 Å². The minimum Gasteiger partial charge on any atom is -0.455 e. The standard InChI is InChI=1S/C39H40BrN3O7/c1-24-33(26-13-4-2-5-14-26)49-38(48)31-32-36(46)43(20-10-11-21-44)35(39(32)23-29(40)34(31)50-39)37(47)42(19-9-3-6-16-30(45)41-24)28-18-17-25-12-7-8-15-27(25)22-28/h2-5,7-9,12-15,17-18,22-24,31-35,44H,6,10-11,16,19-21H2,1H3,(H,41,45)/b9-3-/t24-,31+,32-,33+,34+,35+,39-/m1/s1. The van der Waals surface area contributed by atoms with Crippen LogP contribution in [-0.4, -0.2) is 77.2 Å². The van der Waals surface area contributed by atoms with Crippen LogP contribution in [0.25, 0.3) is 10.8 Å². The highest BCUT2D eigenvalue weighted by Gasteiger charge is 2.75. The Morgan fingerprint density at radius 2 is 1.68 bits per heavy atom. The maximum Gasteiger partial charge on any atom is 0.313 e. The summed E-state index contributed by atoms with van der Waals surface area (Å²) in [6, 6.07) is 21.2. The smallest absolute Gasteiger partial charge is 0.313 e. The molecule has 0 unspecified atom stereocenters. The van der Waals surface area contributed by atoms with Crippen molar-refractivity contribution in [1.82, 2.24) is 10.2 Å². The molecule has 5 bridgehead atoms. The molecule has 0 saturated carbocycles. The molecule has 11 heteroatoms. The van der Waals surface area contributed by atoms with Gasteiger partial charge in [-0.3, -0.25) is 19.2 Å². The Hall–Kier alpha value is -4.32. The van der Waals surface area contributed by atoms with E-state index >= 15 is 4.79 Å². The molecule has 260 valence electrons. The molecule has 2 N–H and O–H groups in total. The van der Waals surface area contributed by atoms with Crippen molar-refractivity contribution >= 4 is 56.1 Å². The number of ether oxygens (including phenoxy) is 2. The number of hydrogen-bond donors (Lipinski definition) is 2. The average molecular weight is 743 g/mol. The summed E-state index contributed by atoms with van der Waals surface area (Å²) in [4.78, 5) is 60.3. The van der Waals surface area contributed by atoms with E-state index < -0.39 is 47.7 Å². The lowest BCUT2D eigenvalue weighted by molar-refractivity contribution is -0.161. The number of hydrogen-bond acceptors (Lipinski definition) is 7. The van der Waals surface area contributed by atoms with E-state index in [0.29, 0.717) is 35.0 Å². The van der Waals surface area contributed by atoms with Gasteiger partial charge in [0.15, 0.2) is 0 Å². The van der Waals surface area contributed by atoms with Crippen molar-refractivity contribution in [2.75, 3.05) is 24.6 Å². The number of unbranched alkanes of at least 4 members (excludes halogenated alkanes) is 1. The van der Waals surface area contributed by atoms with Crippen LogP contribution in [0.2, 0.25) is 0 Å². The molecule has 50 heavy (non-hydrogen) atoms. The van der Waals surface area contributed by atoms with Gasteiger partial charge in [0.1, 0.15) is 29.8 Å². The molecule has 3 amide bonds. The number of aliphatic hydroxyl groups excluding tert-OH is 1. The molecule has 4 aliphatic heterocycles. The highest BCUT2D eigenvalue weighted by atomic mass is 79.9. The molecule has 4 heterocycles. The second-order valence-electron chi connectivity index (χ2n) is 13.4. The van der Waals surface area contributed by atoms with Gasteiger partial charge in [0.05, 0.1) is 12.0 Å².